The van der Waals surface area contributed by atoms with E-state index in [1.807, 2.05) is 30.3 Å². The molecule has 2 aliphatic rings. The zero-order valence-corrected chi connectivity index (χ0v) is 14.5. The number of hydrogen-bond acceptors (Lipinski definition) is 5. The van der Waals surface area contributed by atoms with Crippen LogP contribution in [0.1, 0.15) is 24.8 Å². The standard InChI is InChI=1S/C19H23N5O/c1-23-16(12-15-4-2-7-20-14-15)13-19(17(23)25)5-10-24(11-6-19)18-21-8-3-9-22-18/h2-4,7-9,14,16H,5-6,10-13H2,1H3. The number of hydrogen-bond donors (Lipinski definition) is 0. The van der Waals surface area contributed by atoms with Crippen LogP contribution in [0.2, 0.25) is 0 Å². The highest BCUT2D eigenvalue weighted by atomic mass is 16.2. The zero-order valence-electron chi connectivity index (χ0n) is 14.5. The van der Waals surface area contributed by atoms with E-state index in [0.717, 1.165) is 44.7 Å². The Labute approximate surface area is 147 Å². The van der Waals surface area contributed by atoms with Gasteiger partial charge in [-0.3, -0.25) is 9.78 Å². The molecule has 1 amide bonds. The van der Waals surface area contributed by atoms with Gasteiger partial charge in [0.1, 0.15) is 0 Å². The second-order valence-electron chi connectivity index (χ2n) is 7.16. The van der Waals surface area contributed by atoms with Gasteiger partial charge in [-0.2, -0.15) is 0 Å². The summed E-state index contributed by atoms with van der Waals surface area (Å²) in [6.45, 7) is 1.67. The van der Waals surface area contributed by atoms with Crippen LogP contribution in [0.3, 0.4) is 0 Å². The maximum Gasteiger partial charge on any atom is 0.229 e. The SMILES string of the molecule is CN1C(=O)C2(CCN(c3ncccn3)CC2)CC1Cc1cccnc1. The number of carbonyl (C=O) groups is 1. The first-order valence-corrected chi connectivity index (χ1v) is 8.86. The van der Waals surface area contributed by atoms with Gasteiger partial charge in [0.15, 0.2) is 0 Å². The van der Waals surface area contributed by atoms with E-state index in [0.29, 0.717) is 5.91 Å². The summed E-state index contributed by atoms with van der Waals surface area (Å²) < 4.78 is 0. The molecule has 4 heterocycles. The van der Waals surface area contributed by atoms with E-state index < -0.39 is 0 Å². The molecule has 6 nitrogen and oxygen atoms in total. The molecule has 0 aromatic carbocycles. The first-order valence-electron chi connectivity index (χ1n) is 8.86. The van der Waals surface area contributed by atoms with E-state index in [1.54, 1.807) is 18.6 Å². The van der Waals surface area contributed by atoms with Crippen LogP contribution in [0.5, 0.6) is 0 Å². The summed E-state index contributed by atoms with van der Waals surface area (Å²) in [6, 6.07) is 6.13. The van der Waals surface area contributed by atoms with Crippen LogP contribution in [0, 0.1) is 5.41 Å². The largest absolute Gasteiger partial charge is 0.342 e. The van der Waals surface area contributed by atoms with Crippen molar-refractivity contribution in [2.24, 2.45) is 5.41 Å². The number of likely N-dealkylation sites (tertiary alicyclic amines) is 1. The van der Waals surface area contributed by atoms with Gasteiger partial charge in [0, 0.05) is 51.0 Å². The monoisotopic (exact) mass is 337 g/mol. The van der Waals surface area contributed by atoms with Crippen LogP contribution in [0.25, 0.3) is 0 Å². The summed E-state index contributed by atoms with van der Waals surface area (Å²) in [6.07, 6.45) is 10.8. The minimum absolute atomic E-state index is 0.215. The molecule has 2 aromatic rings. The van der Waals surface area contributed by atoms with Crippen molar-refractivity contribution in [2.45, 2.75) is 31.7 Å². The molecule has 4 rings (SSSR count). The van der Waals surface area contributed by atoms with Crippen molar-refractivity contribution < 1.29 is 4.79 Å². The first kappa shape index (κ1) is 16.0. The summed E-state index contributed by atoms with van der Waals surface area (Å²) in [5.41, 5.74) is 0.978. The van der Waals surface area contributed by atoms with Gasteiger partial charge in [0.2, 0.25) is 11.9 Å². The number of likely N-dealkylation sites (N-methyl/N-ethyl adjacent to an activating group) is 1. The van der Waals surface area contributed by atoms with E-state index >= 15 is 0 Å². The van der Waals surface area contributed by atoms with Crippen molar-refractivity contribution in [2.75, 3.05) is 25.0 Å². The molecule has 2 saturated heterocycles. The van der Waals surface area contributed by atoms with E-state index in [4.69, 9.17) is 0 Å². The van der Waals surface area contributed by atoms with Crippen LogP contribution in [0.15, 0.2) is 43.0 Å². The molecule has 0 saturated carbocycles. The summed E-state index contributed by atoms with van der Waals surface area (Å²) >= 11 is 0. The molecule has 25 heavy (non-hydrogen) atoms. The molecule has 0 N–H and O–H groups in total. The Bertz CT molecular complexity index is 728. The van der Waals surface area contributed by atoms with Gasteiger partial charge in [-0.25, -0.2) is 9.97 Å². The smallest absolute Gasteiger partial charge is 0.229 e. The molecule has 0 radical (unpaired) electrons. The Morgan fingerprint density at radius 1 is 1.16 bits per heavy atom. The molecule has 2 aliphatic heterocycles. The summed E-state index contributed by atoms with van der Waals surface area (Å²) in [5, 5.41) is 0. The molecular weight excluding hydrogens is 314 g/mol. The molecule has 1 unspecified atom stereocenters. The van der Waals surface area contributed by atoms with Crippen LogP contribution in [0.4, 0.5) is 5.95 Å². The lowest BCUT2D eigenvalue weighted by atomic mass is 9.75. The molecule has 1 spiro atoms. The summed E-state index contributed by atoms with van der Waals surface area (Å²) in [4.78, 5) is 30.0. The van der Waals surface area contributed by atoms with E-state index in [-0.39, 0.29) is 11.5 Å². The fraction of sp³-hybridized carbons (Fsp3) is 0.474. The highest BCUT2D eigenvalue weighted by Gasteiger charge is 2.51. The minimum Gasteiger partial charge on any atom is -0.342 e. The van der Waals surface area contributed by atoms with Crippen molar-refractivity contribution in [1.82, 2.24) is 19.9 Å². The van der Waals surface area contributed by atoms with Crippen molar-refractivity contribution in [3.05, 3.63) is 48.5 Å². The van der Waals surface area contributed by atoms with Gasteiger partial charge in [0.05, 0.1) is 5.41 Å². The Balaban J connectivity index is 1.45. The van der Waals surface area contributed by atoms with Crippen molar-refractivity contribution >= 4 is 11.9 Å². The number of carbonyl (C=O) groups excluding carboxylic acids is 1. The van der Waals surface area contributed by atoms with Gasteiger partial charge in [-0.05, 0) is 43.4 Å². The van der Waals surface area contributed by atoms with Gasteiger partial charge in [-0.1, -0.05) is 6.07 Å². The highest BCUT2D eigenvalue weighted by molar-refractivity contribution is 5.85. The van der Waals surface area contributed by atoms with Crippen molar-refractivity contribution in [1.29, 1.82) is 0 Å². The Morgan fingerprint density at radius 2 is 1.92 bits per heavy atom. The van der Waals surface area contributed by atoms with E-state index in [9.17, 15) is 4.79 Å². The van der Waals surface area contributed by atoms with Crippen LogP contribution in [-0.2, 0) is 11.2 Å². The number of anilines is 1. The molecule has 0 aliphatic carbocycles. The molecule has 2 aromatic heterocycles. The number of pyridine rings is 1. The number of rotatable bonds is 3. The molecular formula is C19H23N5O. The third-order valence-corrected chi connectivity index (χ3v) is 5.70. The average Bonchev–Trinajstić information content (AvgIpc) is 2.89. The second kappa shape index (κ2) is 6.43. The van der Waals surface area contributed by atoms with Crippen LogP contribution in [-0.4, -0.2) is 51.9 Å². The predicted octanol–water partition coefficient (Wildman–Crippen LogP) is 1.93. The second-order valence-corrected chi connectivity index (χ2v) is 7.16. The highest BCUT2D eigenvalue weighted by Crippen LogP contribution is 2.44. The van der Waals surface area contributed by atoms with Crippen molar-refractivity contribution in [3.8, 4) is 0 Å². The molecule has 6 heteroatoms. The number of piperidine rings is 1. The Morgan fingerprint density at radius 3 is 2.60 bits per heavy atom. The van der Waals surface area contributed by atoms with Gasteiger partial charge < -0.3 is 9.80 Å². The maximum absolute atomic E-state index is 13.0. The molecule has 130 valence electrons. The molecule has 0 bridgehead atoms. The lowest BCUT2D eigenvalue weighted by molar-refractivity contribution is -0.136. The van der Waals surface area contributed by atoms with E-state index in [2.05, 4.69) is 25.9 Å². The summed E-state index contributed by atoms with van der Waals surface area (Å²) in [5.74, 6) is 1.07. The quantitative estimate of drug-likeness (QED) is 0.856. The van der Waals surface area contributed by atoms with E-state index in [1.165, 1.54) is 5.56 Å². The molecule has 2 fully saturated rings. The fourth-order valence-electron chi connectivity index (χ4n) is 4.22. The average molecular weight is 337 g/mol. The molecule has 1 atom stereocenters. The predicted molar refractivity (Wildman–Crippen MR) is 95.0 cm³/mol. The Hall–Kier alpha value is -2.50. The van der Waals surface area contributed by atoms with Gasteiger partial charge in [0.25, 0.3) is 0 Å². The first-order chi connectivity index (χ1) is 12.2. The topological polar surface area (TPSA) is 62.2 Å². The fourth-order valence-corrected chi connectivity index (χ4v) is 4.22. The lowest BCUT2D eigenvalue weighted by Crippen LogP contribution is -2.44. The maximum atomic E-state index is 13.0. The number of nitrogens with zero attached hydrogens (tertiary/aromatic N) is 5. The zero-order chi connectivity index (χ0) is 17.3. The minimum atomic E-state index is -0.215. The normalized spacial score (nSPS) is 22.6. The number of amides is 1. The third kappa shape index (κ3) is 2.97. The van der Waals surface area contributed by atoms with Gasteiger partial charge in [-0.15, -0.1) is 0 Å². The van der Waals surface area contributed by atoms with Crippen LogP contribution < -0.4 is 4.90 Å². The number of aromatic nitrogens is 3. The third-order valence-electron chi connectivity index (χ3n) is 5.70. The summed E-state index contributed by atoms with van der Waals surface area (Å²) in [7, 11) is 1.95. The lowest BCUT2D eigenvalue weighted by Gasteiger charge is -2.37. The van der Waals surface area contributed by atoms with Gasteiger partial charge >= 0.3 is 0 Å². The van der Waals surface area contributed by atoms with Crippen LogP contribution >= 0.6 is 0 Å². The Kier molecular flexibility index (Phi) is 4.11. The van der Waals surface area contributed by atoms with Crippen molar-refractivity contribution in [3.63, 3.8) is 0 Å².